The Bertz CT molecular complexity index is 375. The van der Waals surface area contributed by atoms with Crippen molar-refractivity contribution in [3.63, 3.8) is 0 Å². The summed E-state index contributed by atoms with van der Waals surface area (Å²) in [7, 11) is 0. The molecule has 4 bridgehead atoms. The molecule has 2 nitrogen and oxygen atoms in total. The van der Waals surface area contributed by atoms with Crippen molar-refractivity contribution in [2.45, 2.75) is 0 Å². The van der Waals surface area contributed by atoms with E-state index in [1.165, 1.54) is 5.56 Å². The number of aromatic nitrogens is 1. The molecular weight excluding hydrogens is 124 g/mol. The van der Waals surface area contributed by atoms with Crippen LogP contribution in [0.3, 0.4) is 0 Å². The van der Waals surface area contributed by atoms with E-state index in [0.717, 1.165) is 17.1 Å². The molecule has 1 aliphatic heterocycles. The van der Waals surface area contributed by atoms with Gasteiger partial charge in [0.15, 0.2) is 0 Å². The summed E-state index contributed by atoms with van der Waals surface area (Å²) in [6.07, 6.45) is 5.88. The van der Waals surface area contributed by atoms with Crippen LogP contribution in [0.4, 0.5) is 5.69 Å². The van der Waals surface area contributed by atoms with Crippen LogP contribution >= 0.6 is 0 Å². The van der Waals surface area contributed by atoms with Gasteiger partial charge in [0.05, 0.1) is 17.1 Å². The van der Waals surface area contributed by atoms with Gasteiger partial charge in [0.2, 0.25) is 0 Å². The smallest absolute Gasteiger partial charge is 0.0980 e. The lowest BCUT2D eigenvalue weighted by Crippen LogP contribution is -1.89. The van der Waals surface area contributed by atoms with Crippen molar-refractivity contribution in [1.82, 2.24) is 4.98 Å². The van der Waals surface area contributed by atoms with Crippen LogP contribution in [0.1, 0.15) is 11.3 Å². The van der Waals surface area contributed by atoms with Crippen molar-refractivity contribution in [2.24, 2.45) is 4.99 Å². The van der Waals surface area contributed by atoms with Crippen LogP contribution in [-0.2, 0) is 0 Å². The first-order chi connectivity index (χ1) is 4.95. The topological polar surface area (TPSA) is 25.2 Å². The molecule has 1 aromatic heterocycles. The van der Waals surface area contributed by atoms with E-state index in [-0.39, 0.29) is 0 Å². The highest BCUT2D eigenvalue weighted by atomic mass is 14.9. The van der Waals surface area contributed by atoms with Gasteiger partial charge >= 0.3 is 0 Å². The van der Waals surface area contributed by atoms with Crippen molar-refractivity contribution in [3.05, 3.63) is 29.6 Å². The van der Waals surface area contributed by atoms with Gasteiger partial charge in [0.25, 0.3) is 0 Å². The van der Waals surface area contributed by atoms with Crippen molar-refractivity contribution in [2.75, 3.05) is 0 Å². The lowest BCUT2D eigenvalue weighted by molar-refractivity contribution is 1.31. The molecule has 2 aliphatic rings. The second-order valence-corrected chi connectivity index (χ2v) is 2.42. The average molecular weight is 128 g/mol. The van der Waals surface area contributed by atoms with Gasteiger partial charge in [0.1, 0.15) is 0 Å². The van der Waals surface area contributed by atoms with Crippen molar-refractivity contribution in [1.29, 1.82) is 0 Å². The summed E-state index contributed by atoms with van der Waals surface area (Å²) in [5, 5.41) is 0. The van der Waals surface area contributed by atoms with E-state index in [9.17, 15) is 0 Å². The van der Waals surface area contributed by atoms with Crippen LogP contribution < -0.4 is 0 Å². The van der Waals surface area contributed by atoms with E-state index in [4.69, 9.17) is 0 Å². The normalized spacial score (nSPS) is 16.2. The summed E-state index contributed by atoms with van der Waals surface area (Å²) in [4.78, 5) is 8.51. The molecule has 46 valence electrons. The third kappa shape index (κ3) is 0.310. The Balaban J connectivity index is 2.59. The standard InChI is InChI=1S/C8H4N2/c1-2-7-8-5(1)6(10-7)3-4-9-8/h1-4H. The molecule has 0 N–H and O–H groups in total. The fraction of sp³-hybridized carbons (Fsp3) is 0. The maximum atomic E-state index is 4.31. The van der Waals surface area contributed by atoms with E-state index in [1.54, 1.807) is 6.20 Å². The highest BCUT2D eigenvalue weighted by molar-refractivity contribution is 6.21. The molecule has 0 spiro atoms. The zero-order valence-corrected chi connectivity index (χ0v) is 5.20. The predicted molar refractivity (Wildman–Crippen MR) is 39.5 cm³/mol. The molecule has 1 aliphatic carbocycles. The monoisotopic (exact) mass is 128 g/mol. The number of aliphatic imine (C=N–C) groups is 1. The Hall–Kier alpha value is -1.44. The highest BCUT2D eigenvalue weighted by Crippen LogP contribution is 2.34. The van der Waals surface area contributed by atoms with Crippen LogP contribution in [0.25, 0.3) is 6.08 Å². The van der Waals surface area contributed by atoms with Gasteiger partial charge in [0, 0.05) is 11.8 Å². The molecule has 2 heterocycles. The van der Waals surface area contributed by atoms with Gasteiger partial charge < -0.3 is 0 Å². The number of nitrogens with zero attached hydrogens (tertiary/aromatic N) is 2. The van der Waals surface area contributed by atoms with Gasteiger partial charge in [-0.2, -0.15) is 0 Å². The molecule has 10 heavy (non-hydrogen) atoms. The zero-order valence-electron chi connectivity index (χ0n) is 5.20. The predicted octanol–water partition coefficient (Wildman–Crippen LogP) is 1.54. The maximum Gasteiger partial charge on any atom is 0.0980 e. The van der Waals surface area contributed by atoms with Crippen molar-refractivity contribution >= 4 is 17.5 Å². The molecule has 0 radical (unpaired) electrons. The summed E-state index contributed by atoms with van der Waals surface area (Å²) in [5.41, 5.74) is 4.34. The molecule has 0 atom stereocenters. The SMILES string of the molecule is C1=Cc2c3ccnc2C1=N3. The van der Waals surface area contributed by atoms with Crippen LogP contribution in [0.2, 0.25) is 0 Å². The first kappa shape index (κ1) is 4.39. The molecule has 0 aromatic carbocycles. The Morgan fingerprint density at radius 1 is 1.20 bits per heavy atom. The van der Waals surface area contributed by atoms with Crippen molar-refractivity contribution in [3.8, 4) is 0 Å². The number of allylic oxidation sites excluding steroid dienone is 1. The molecular formula is C8H4N2. The van der Waals surface area contributed by atoms with Crippen LogP contribution in [0.15, 0.2) is 23.3 Å². The van der Waals surface area contributed by atoms with Gasteiger partial charge in [-0.05, 0) is 18.2 Å². The van der Waals surface area contributed by atoms with E-state index < -0.39 is 0 Å². The Morgan fingerprint density at radius 2 is 2.20 bits per heavy atom. The quantitative estimate of drug-likeness (QED) is 0.520. The minimum Gasteiger partial charge on any atom is -0.254 e. The second kappa shape index (κ2) is 1.19. The summed E-state index contributed by atoms with van der Waals surface area (Å²) in [6, 6.07) is 1.94. The van der Waals surface area contributed by atoms with E-state index in [2.05, 4.69) is 16.1 Å². The van der Waals surface area contributed by atoms with Crippen LogP contribution in [-0.4, -0.2) is 10.7 Å². The second-order valence-electron chi connectivity index (χ2n) is 2.42. The lowest BCUT2D eigenvalue weighted by Gasteiger charge is -1.91. The molecule has 0 saturated heterocycles. The fourth-order valence-corrected chi connectivity index (χ4v) is 1.39. The first-order valence-electron chi connectivity index (χ1n) is 3.21. The van der Waals surface area contributed by atoms with Gasteiger partial charge in [-0.25, -0.2) is 4.99 Å². The molecule has 0 saturated carbocycles. The number of pyridine rings is 1. The lowest BCUT2D eigenvalue weighted by atomic mass is 10.2. The van der Waals surface area contributed by atoms with E-state index in [0.29, 0.717) is 0 Å². The number of rotatable bonds is 0. The highest BCUT2D eigenvalue weighted by Gasteiger charge is 2.22. The van der Waals surface area contributed by atoms with Crippen molar-refractivity contribution < 1.29 is 0 Å². The summed E-state index contributed by atoms with van der Waals surface area (Å²) >= 11 is 0. The van der Waals surface area contributed by atoms with Crippen LogP contribution in [0.5, 0.6) is 0 Å². The Kier molecular flexibility index (Phi) is 0.520. The molecule has 0 unspecified atom stereocenters. The summed E-state index contributed by atoms with van der Waals surface area (Å²) in [5.74, 6) is 0. The van der Waals surface area contributed by atoms with E-state index >= 15 is 0 Å². The fourth-order valence-electron chi connectivity index (χ4n) is 1.39. The number of hydrogen-bond donors (Lipinski definition) is 0. The third-order valence-electron chi connectivity index (χ3n) is 1.86. The van der Waals surface area contributed by atoms with Gasteiger partial charge in [-0.1, -0.05) is 0 Å². The largest absolute Gasteiger partial charge is 0.254 e. The third-order valence-corrected chi connectivity index (χ3v) is 1.86. The average Bonchev–Trinajstić information content (AvgIpc) is 2.44. The Labute approximate surface area is 57.9 Å². The van der Waals surface area contributed by atoms with Gasteiger partial charge in [-0.3, -0.25) is 4.98 Å². The molecule has 0 fully saturated rings. The minimum absolute atomic E-state index is 1.02. The van der Waals surface area contributed by atoms with Gasteiger partial charge in [-0.15, -0.1) is 0 Å². The van der Waals surface area contributed by atoms with E-state index in [1.807, 2.05) is 12.1 Å². The first-order valence-corrected chi connectivity index (χ1v) is 3.21. The molecule has 0 amide bonds. The zero-order chi connectivity index (χ0) is 6.55. The number of hydrogen-bond acceptors (Lipinski definition) is 2. The summed E-state index contributed by atoms with van der Waals surface area (Å²) < 4.78 is 0. The molecule has 1 aromatic rings. The Morgan fingerprint density at radius 3 is 3.00 bits per heavy atom. The summed E-state index contributed by atoms with van der Waals surface area (Å²) in [6.45, 7) is 0. The maximum absolute atomic E-state index is 4.31. The molecule has 2 heteroatoms. The molecule has 3 rings (SSSR count). The van der Waals surface area contributed by atoms with Crippen LogP contribution in [0, 0.1) is 0 Å². The minimum atomic E-state index is 1.02.